The van der Waals surface area contributed by atoms with Crippen LogP contribution in [0.2, 0.25) is 0 Å². The lowest BCUT2D eigenvalue weighted by molar-refractivity contribution is -0.162. The lowest BCUT2D eigenvalue weighted by Crippen LogP contribution is -2.42. The number of allylic oxidation sites excluding steroid dienone is 3. The average molecular weight is 501 g/mol. The second kappa shape index (κ2) is 13.1. The Balaban J connectivity index is 1.65. The maximum atomic E-state index is 13.2. The van der Waals surface area contributed by atoms with Gasteiger partial charge in [0.05, 0.1) is 18.6 Å². The van der Waals surface area contributed by atoms with Crippen molar-refractivity contribution in [1.29, 1.82) is 0 Å². The van der Waals surface area contributed by atoms with Crippen LogP contribution in [0.4, 0.5) is 0 Å². The molecule has 0 heterocycles. The van der Waals surface area contributed by atoms with Crippen LogP contribution in [0.15, 0.2) is 48.1 Å². The minimum Gasteiger partial charge on any atom is -0.481 e. The standard InChI is InChI=1S/C29H40O7/c1-4-25(35-23-13-8-18(2)9-14-23)29(34)36-26-7-5-6-20-11-10-19(3)24(28(20)26)15-12-21(30)16-22(31)17-27(32)33/h6,8-11,13-14,19,21-22,24-26,28,30-31H,4-5,7,12,15-17H2,1-3H3,(H,32,33)/t19-,21+,22+,24-,25+,26-,28-/m0/s1. The van der Waals surface area contributed by atoms with E-state index in [1.807, 2.05) is 38.1 Å². The van der Waals surface area contributed by atoms with E-state index in [0.717, 1.165) is 24.0 Å². The van der Waals surface area contributed by atoms with E-state index >= 15 is 0 Å². The smallest absolute Gasteiger partial charge is 0.347 e. The Hall–Kier alpha value is -2.64. The number of esters is 1. The van der Waals surface area contributed by atoms with Gasteiger partial charge < -0.3 is 24.8 Å². The number of benzene rings is 1. The van der Waals surface area contributed by atoms with Crippen molar-refractivity contribution in [3.05, 3.63) is 53.6 Å². The summed E-state index contributed by atoms with van der Waals surface area (Å²) in [6.07, 6.45) is 6.51. The molecule has 0 radical (unpaired) electrons. The zero-order valence-electron chi connectivity index (χ0n) is 21.5. The molecule has 0 saturated heterocycles. The van der Waals surface area contributed by atoms with Crippen molar-refractivity contribution in [1.82, 2.24) is 0 Å². The topological polar surface area (TPSA) is 113 Å². The molecule has 3 rings (SSSR count). The summed E-state index contributed by atoms with van der Waals surface area (Å²) in [5.74, 6) is -0.395. The van der Waals surface area contributed by atoms with Crippen LogP contribution in [-0.2, 0) is 14.3 Å². The normalized spacial score (nSPS) is 25.8. The molecule has 0 aliphatic heterocycles. The fraction of sp³-hybridized carbons (Fsp3) is 0.586. The SMILES string of the molecule is CC[C@@H](Oc1ccc(C)cc1)C(=O)O[C@H]1CCC=C2C=C[C@H](C)[C@H](CC[C@@H](O)C[C@@H](O)CC(=O)O)[C@H]21. The highest BCUT2D eigenvalue weighted by atomic mass is 16.6. The van der Waals surface area contributed by atoms with Gasteiger partial charge in [0.2, 0.25) is 0 Å². The molecular weight excluding hydrogens is 460 g/mol. The summed E-state index contributed by atoms with van der Waals surface area (Å²) < 4.78 is 12.0. The maximum absolute atomic E-state index is 13.2. The molecule has 0 aromatic heterocycles. The van der Waals surface area contributed by atoms with E-state index in [1.54, 1.807) is 0 Å². The first-order valence-electron chi connectivity index (χ1n) is 13.1. The molecule has 1 aromatic carbocycles. The summed E-state index contributed by atoms with van der Waals surface area (Å²) in [5.41, 5.74) is 2.28. The third-order valence-corrected chi connectivity index (χ3v) is 7.33. The lowest BCUT2D eigenvalue weighted by Gasteiger charge is -2.42. The average Bonchev–Trinajstić information content (AvgIpc) is 2.82. The quantitative estimate of drug-likeness (QED) is 0.360. The monoisotopic (exact) mass is 500 g/mol. The summed E-state index contributed by atoms with van der Waals surface area (Å²) in [6.45, 7) is 6.03. The van der Waals surface area contributed by atoms with E-state index in [9.17, 15) is 19.8 Å². The van der Waals surface area contributed by atoms with Gasteiger partial charge in [0.1, 0.15) is 11.9 Å². The largest absolute Gasteiger partial charge is 0.481 e. The van der Waals surface area contributed by atoms with Gasteiger partial charge in [-0.3, -0.25) is 4.79 Å². The number of fused-ring (bicyclic) bond motifs is 1. The number of aryl methyl sites for hydroxylation is 1. The molecule has 36 heavy (non-hydrogen) atoms. The molecule has 0 spiro atoms. The molecule has 0 amide bonds. The van der Waals surface area contributed by atoms with Gasteiger partial charge in [0, 0.05) is 5.92 Å². The van der Waals surface area contributed by atoms with E-state index in [4.69, 9.17) is 14.6 Å². The first-order valence-corrected chi connectivity index (χ1v) is 13.1. The van der Waals surface area contributed by atoms with Crippen molar-refractivity contribution in [3.8, 4) is 5.75 Å². The van der Waals surface area contributed by atoms with Crippen LogP contribution >= 0.6 is 0 Å². The zero-order valence-corrected chi connectivity index (χ0v) is 21.5. The second-order valence-corrected chi connectivity index (χ2v) is 10.2. The maximum Gasteiger partial charge on any atom is 0.347 e. The molecule has 2 aliphatic carbocycles. The molecule has 7 atom stereocenters. The summed E-state index contributed by atoms with van der Waals surface area (Å²) in [7, 11) is 0. The van der Waals surface area contributed by atoms with Crippen molar-refractivity contribution < 1.29 is 34.4 Å². The van der Waals surface area contributed by atoms with Crippen LogP contribution in [-0.4, -0.2) is 51.7 Å². The Morgan fingerprint density at radius 3 is 2.53 bits per heavy atom. The second-order valence-electron chi connectivity index (χ2n) is 10.2. The van der Waals surface area contributed by atoms with Crippen LogP contribution < -0.4 is 4.74 Å². The molecule has 1 aromatic rings. The van der Waals surface area contributed by atoms with Gasteiger partial charge in [-0.25, -0.2) is 4.79 Å². The van der Waals surface area contributed by atoms with Crippen molar-refractivity contribution in [2.45, 2.75) is 90.1 Å². The molecule has 0 fully saturated rings. The number of rotatable bonds is 12. The van der Waals surface area contributed by atoms with E-state index in [0.29, 0.717) is 25.0 Å². The number of hydrogen-bond acceptors (Lipinski definition) is 6. The van der Waals surface area contributed by atoms with Gasteiger partial charge in [-0.2, -0.15) is 0 Å². The predicted octanol–water partition coefficient (Wildman–Crippen LogP) is 4.59. The Bertz CT molecular complexity index is 935. The third-order valence-electron chi connectivity index (χ3n) is 7.33. The Morgan fingerprint density at radius 2 is 1.86 bits per heavy atom. The van der Waals surface area contributed by atoms with Gasteiger partial charge in [-0.15, -0.1) is 0 Å². The Morgan fingerprint density at radius 1 is 1.14 bits per heavy atom. The highest BCUT2D eigenvalue weighted by Crippen LogP contribution is 2.44. The molecule has 3 N–H and O–H groups in total. The van der Waals surface area contributed by atoms with Crippen molar-refractivity contribution >= 4 is 11.9 Å². The number of ether oxygens (including phenoxy) is 2. The Labute approximate surface area is 213 Å². The summed E-state index contributed by atoms with van der Waals surface area (Å²) in [4.78, 5) is 24.0. The highest BCUT2D eigenvalue weighted by Gasteiger charge is 2.40. The third kappa shape index (κ3) is 7.68. The highest BCUT2D eigenvalue weighted by molar-refractivity contribution is 5.75. The van der Waals surface area contributed by atoms with E-state index in [-0.39, 0.29) is 42.7 Å². The molecule has 7 nitrogen and oxygen atoms in total. The fourth-order valence-electron chi connectivity index (χ4n) is 5.36. The van der Waals surface area contributed by atoms with Crippen molar-refractivity contribution in [2.75, 3.05) is 0 Å². The number of aliphatic carboxylic acids is 1. The number of carboxylic acid groups (broad SMARTS) is 1. The first kappa shape index (κ1) is 27.9. The summed E-state index contributed by atoms with van der Waals surface area (Å²) >= 11 is 0. The predicted molar refractivity (Wildman–Crippen MR) is 136 cm³/mol. The number of aliphatic hydroxyl groups is 2. The number of carboxylic acids is 1. The Kier molecular flexibility index (Phi) is 10.1. The zero-order chi connectivity index (χ0) is 26.2. The van der Waals surface area contributed by atoms with Crippen molar-refractivity contribution in [3.63, 3.8) is 0 Å². The fourth-order valence-corrected chi connectivity index (χ4v) is 5.36. The molecule has 0 saturated carbocycles. The minimum atomic E-state index is -1.08. The van der Waals surface area contributed by atoms with Crippen LogP contribution in [0.5, 0.6) is 5.75 Å². The number of carbonyl (C=O) groups excluding carboxylic acids is 1. The van der Waals surface area contributed by atoms with Crippen LogP contribution in [0, 0.1) is 24.7 Å². The van der Waals surface area contributed by atoms with Crippen LogP contribution in [0.1, 0.15) is 64.4 Å². The summed E-state index contributed by atoms with van der Waals surface area (Å²) in [5, 5.41) is 29.1. The number of carbonyl (C=O) groups is 2. The van der Waals surface area contributed by atoms with E-state index < -0.39 is 24.3 Å². The van der Waals surface area contributed by atoms with Gasteiger partial charge >= 0.3 is 11.9 Å². The number of aliphatic hydroxyl groups excluding tert-OH is 2. The van der Waals surface area contributed by atoms with Gasteiger partial charge in [-0.05, 0) is 75.0 Å². The molecule has 2 aliphatic rings. The van der Waals surface area contributed by atoms with Gasteiger partial charge in [0.15, 0.2) is 6.10 Å². The van der Waals surface area contributed by atoms with E-state index in [1.165, 1.54) is 0 Å². The molecule has 198 valence electrons. The van der Waals surface area contributed by atoms with Gasteiger partial charge in [0.25, 0.3) is 0 Å². The summed E-state index contributed by atoms with van der Waals surface area (Å²) in [6, 6.07) is 7.60. The van der Waals surface area contributed by atoms with Crippen molar-refractivity contribution in [2.24, 2.45) is 17.8 Å². The van der Waals surface area contributed by atoms with E-state index in [2.05, 4.69) is 25.2 Å². The van der Waals surface area contributed by atoms with Gasteiger partial charge in [-0.1, -0.05) is 49.8 Å². The lowest BCUT2D eigenvalue weighted by atomic mass is 9.66. The number of hydrogen-bond donors (Lipinski definition) is 3. The minimum absolute atomic E-state index is 0.0238. The van der Waals surface area contributed by atoms with Crippen LogP contribution in [0.3, 0.4) is 0 Å². The van der Waals surface area contributed by atoms with Crippen LogP contribution in [0.25, 0.3) is 0 Å². The molecule has 7 heteroatoms. The molecule has 0 bridgehead atoms. The molecular formula is C29H40O7. The molecule has 0 unspecified atom stereocenters. The first-order chi connectivity index (χ1) is 17.2.